The summed E-state index contributed by atoms with van der Waals surface area (Å²) in [4.78, 5) is 32.4. The van der Waals surface area contributed by atoms with Crippen molar-refractivity contribution in [2.24, 2.45) is 0 Å². The molecule has 0 fully saturated rings. The Balaban J connectivity index is 1.93. The fraction of sp³-hybridized carbons (Fsp3) is 0.150. The van der Waals surface area contributed by atoms with Crippen LogP contribution in [0, 0.1) is 0 Å². The minimum Gasteiger partial charge on any atom is -0.465 e. The minimum atomic E-state index is -1.16. The van der Waals surface area contributed by atoms with Gasteiger partial charge in [0.1, 0.15) is 5.65 Å². The number of aromatic amines is 1. The Morgan fingerprint density at radius 1 is 1.21 bits per heavy atom. The molecule has 0 unspecified atom stereocenters. The number of hydrogen-bond donors (Lipinski definition) is 4. The number of rotatable bonds is 6. The van der Waals surface area contributed by atoms with E-state index in [0.717, 1.165) is 16.5 Å². The molecule has 2 aromatic heterocycles. The van der Waals surface area contributed by atoms with Gasteiger partial charge in [-0.2, -0.15) is 0 Å². The average Bonchev–Trinajstić information content (AvgIpc) is 3.04. The van der Waals surface area contributed by atoms with Gasteiger partial charge in [-0.05, 0) is 26.2 Å². The van der Waals surface area contributed by atoms with E-state index in [1.807, 2.05) is 43.3 Å². The summed E-state index contributed by atoms with van der Waals surface area (Å²) in [6, 6.07) is 9.13. The molecule has 2 amide bonds. The summed E-state index contributed by atoms with van der Waals surface area (Å²) < 4.78 is 0. The van der Waals surface area contributed by atoms with E-state index in [-0.39, 0.29) is 5.91 Å². The molecule has 8 nitrogen and oxygen atoms in total. The van der Waals surface area contributed by atoms with Crippen LogP contribution < -0.4 is 10.6 Å². The number of likely N-dealkylation sites (N-methyl/N-ethyl adjacent to an activating group) is 1. The SMILES string of the molecule is CN(C)CC=CC(=O)Nc1ccccc1-c1c[nH]c2ncc(NC(=O)O)cc12. The molecule has 0 atom stereocenters. The van der Waals surface area contributed by atoms with E-state index in [9.17, 15) is 9.59 Å². The van der Waals surface area contributed by atoms with Crippen molar-refractivity contribution < 1.29 is 14.7 Å². The smallest absolute Gasteiger partial charge is 0.409 e. The molecule has 0 aliphatic carbocycles. The van der Waals surface area contributed by atoms with Crippen LogP contribution in [0.4, 0.5) is 16.2 Å². The van der Waals surface area contributed by atoms with E-state index >= 15 is 0 Å². The fourth-order valence-electron chi connectivity index (χ4n) is 2.79. The summed E-state index contributed by atoms with van der Waals surface area (Å²) in [5.41, 5.74) is 3.26. The summed E-state index contributed by atoms with van der Waals surface area (Å²) in [6.45, 7) is 0.669. The highest BCUT2D eigenvalue weighted by Gasteiger charge is 2.13. The highest BCUT2D eigenvalue weighted by Crippen LogP contribution is 2.34. The number of fused-ring (bicyclic) bond motifs is 1. The van der Waals surface area contributed by atoms with Gasteiger partial charge in [0, 0.05) is 41.0 Å². The number of anilines is 2. The Kier molecular flexibility index (Phi) is 5.71. The summed E-state index contributed by atoms with van der Waals surface area (Å²) in [6.07, 6.45) is 5.37. The first kappa shape index (κ1) is 19.1. The minimum absolute atomic E-state index is 0.222. The lowest BCUT2D eigenvalue weighted by atomic mass is 10.0. The van der Waals surface area contributed by atoms with Gasteiger partial charge in [-0.15, -0.1) is 0 Å². The fourth-order valence-corrected chi connectivity index (χ4v) is 2.79. The highest BCUT2D eigenvalue weighted by atomic mass is 16.4. The first-order valence-electron chi connectivity index (χ1n) is 8.63. The van der Waals surface area contributed by atoms with Crippen LogP contribution in [0.15, 0.2) is 54.9 Å². The maximum absolute atomic E-state index is 12.2. The number of benzene rings is 1. The zero-order chi connectivity index (χ0) is 20.1. The number of hydrogen-bond acceptors (Lipinski definition) is 4. The predicted octanol–water partition coefficient (Wildman–Crippen LogP) is 3.38. The van der Waals surface area contributed by atoms with Crippen molar-refractivity contribution in [3.05, 3.63) is 54.9 Å². The molecular weight excluding hydrogens is 358 g/mol. The van der Waals surface area contributed by atoms with Crippen LogP contribution >= 0.6 is 0 Å². The second-order valence-corrected chi connectivity index (χ2v) is 6.45. The normalized spacial score (nSPS) is 11.2. The van der Waals surface area contributed by atoms with Crippen LogP contribution in [0.3, 0.4) is 0 Å². The molecule has 4 N–H and O–H groups in total. The standard InChI is InChI=1S/C20H21N5O3/c1-25(2)9-5-8-18(26)24-17-7-4-3-6-14(17)16-12-22-19-15(16)10-13(11-21-19)23-20(27)28/h3-8,10-12,23H,9H2,1-2H3,(H,21,22)(H,24,26)(H,27,28). The predicted molar refractivity (Wildman–Crippen MR) is 110 cm³/mol. The third kappa shape index (κ3) is 4.54. The van der Waals surface area contributed by atoms with Crippen molar-refractivity contribution >= 4 is 34.4 Å². The molecule has 0 saturated heterocycles. The molecule has 8 heteroatoms. The number of carboxylic acid groups (broad SMARTS) is 1. The number of pyridine rings is 1. The maximum Gasteiger partial charge on any atom is 0.409 e. The lowest BCUT2D eigenvalue weighted by Gasteiger charge is -2.10. The van der Waals surface area contributed by atoms with Gasteiger partial charge in [-0.3, -0.25) is 10.1 Å². The van der Waals surface area contributed by atoms with Crippen molar-refractivity contribution in [3.8, 4) is 11.1 Å². The third-order valence-corrected chi connectivity index (χ3v) is 4.00. The van der Waals surface area contributed by atoms with Gasteiger partial charge < -0.3 is 20.3 Å². The van der Waals surface area contributed by atoms with Crippen molar-refractivity contribution in [1.82, 2.24) is 14.9 Å². The molecule has 3 aromatic rings. The monoisotopic (exact) mass is 379 g/mol. The van der Waals surface area contributed by atoms with Gasteiger partial charge in [0.2, 0.25) is 5.91 Å². The number of carbonyl (C=O) groups excluding carboxylic acids is 1. The van der Waals surface area contributed by atoms with E-state index in [1.54, 1.807) is 18.3 Å². The molecule has 0 bridgehead atoms. The molecule has 0 saturated carbocycles. The number of H-pyrrole nitrogens is 1. The first-order chi connectivity index (χ1) is 13.4. The zero-order valence-corrected chi connectivity index (χ0v) is 15.6. The number of carbonyl (C=O) groups is 2. The number of nitrogens with one attached hydrogen (secondary N) is 3. The van der Waals surface area contributed by atoms with E-state index < -0.39 is 6.09 Å². The Bertz CT molecular complexity index is 1040. The van der Waals surface area contributed by atoms with Crippen LogP contribution in [-0.4, -0.2) is 52.6 Å². The van der Waals surface area contributed by atoms with E-state index in [2.05, 4.69) is 20.6 Å². The van der Waals surface area contributed by atoms with Crippen LogP contribution in [0.2, 0.25) is 0 Å². The Hall–Kier alpha value is -3.65. The molecular formula is C20H21N5O3. The van der Waals surface area contributed by atoms with Crippen molar-refractivity contribution in [2.45, 2.75) is 0 Å². The molecule has 0 aliphatic heterocycles. The molecule has 1 aromatic carbocycles. The quantitative estimate of drug-likeness (QED) is 0.491. The average molecular weight is 379 g/mol. The second-order valence-electron chi connectivity index (χ2n) is 6.45. The van der Waals surface area contributed by atoms with Crippen molar-refractivity contribution in [2.75, 3.05) is 31.3 Å². The topological polar surface area (TPSA) is 110 Å². The molecule has 28 heavy (non-hydrogen) atoms. The summed E-state index contributed by atoms with van der Waals surface area (Å²) in [5.74, 6) is -0.222. The molecule has 144 valence electrons. The Morgan fingerprint density at radius 2 is 2.00 bits per heavy atom. The van der Waals surface area contributed by atoms with Crippen molar-refractivity contribution in [1.29, 1.82) is 0 Å². The number of amides is 2. The van der Waals surface area contributed by atoms with E-state index in [4.69, 9.17) is 5.11 Å². The first-order valence-corrected chi connectivity index (χ1v) is 8.63. The van der Waals surface area contributed by atoms with E-state index in [1.165, 1.54) is 12.3 Å². The Labute approximate surface area is 161 Å². The number of aromatic nitrogens is 2. The maximum atomic E-state index is 12.2. The summed E-state index contributed by atoms with van der Waals surface area (Å²) in [5, 5.41) is 14.9. The summed E-state index contributed by atoms with van der Waals surface area (Å²) in [7, 11) is 3.85. The van der Waals surface area contributed by atoms with Gasteiger partial charge in [-0.1, -0.05) is 24.3 Å². The molecule has 0 aliphatic rings. The Morgan fingerprint density at radius 3 is 2.75 bits per heavy atom. The third-order valence-electron chi connectivity index (χ3n) is 4.00. The molecule has 2 heterocycles. The highest BCUT2D eigenvalue weighted by molar-refractivity contribution is 6.05. The largest absolute Gasteiger partial charge is 0.465 e. The van der Waals surface area contributed by atoms with Gasteiger partial charge in [0.15, 0.2) is 0 Å². The molecule has 0 spiro atoms. The van der Waals surface area contributed by atoms with Crippen LogP contribution in [0.1, 0.15) is 0 Å². The molecule has 0 radical (unpaired) electrons. The lowest BCUT2D eigenvalue weighted by Crippen LogP contribution is -2.13. The zero-order valence-electron chi connectivity index (χ0n) is 15.6. The van der Waals surface area contributed by atoms with Gasteiger partial charge >= 0.3 is 6.09 Å². The number of nitrogens with zero attached hydrogens (tertiary/aromatic N) is 2. The summed E-state index contributed by atoms with van der Waals surface area (Å²) >= 11 is 0. The van der Waals surface area contributed by atoms with Crippen LogP contribution in [-0.2, 0) is 4.79 Å². The van der Waals surface area contributed by atoms with Gasteiger partial charge in [0.05, 0.1) is 11.9 Å². The van der Waals surface area contributed by atoms with Crippen LogP contribution in [0.5, 0.6) is 0 Å². The van der Waals surface area contributed by atoms with Gasteiger partial charge in [-0.25, -0.2) is 9.78 Å². The van der Waals surface area contributed by atoms with Gasteiger partial charge in [0.25, 0.3) is 0 Å². The van der Waals surface area contributed by atoms with Crippen LogP contribution in [0.25, 0.3) is 22.2 Å². The second kappa shape index (κ2) is 8.36. The molecule has 3 rings (SSSR count). The van der Waals surface area contributed by atoms with E-state index in [0.29, 0.717) is 23.6 Å². The van der Waals surface area contributed by atoms with Crippen molar-refractivity contribution in [3.63, 3.8) is 0 Å². The number of para-hydroxylation sites is 1. The lowest BCUT2D eigenvalue weighted by molar-refractivity contribution is -0.111.